The van der Waals surface area contributed by atoms with Crippen molar-refractivity contribution < 1.29 is 13.9 Å². The second-order valence-corrected chi connectivity index (χ2v) is 7.04. The van der Waals surface area contributed by atoms with Gasteiger partial charge in [-0.1, -0.05) is 12.1 Å². The molecule has 0 atom stereocenters. The zero-order valence-electron chi connectivity index (χ0n) is 12.5. The molecule has 0 unspecified atom stereocenters. The SMILES string of the molecule is Cc1sc(N)c(C(=O)OC(C)(C)C)c1-c1cccc(F)c1. The van der Waals surface area contributed by atoms with Gasteiger partial charge in [0.25, 0.3) is 0 Å². The maximum absolute atomic E-state index is 13.5. The third-order valence-corrected chi connectivity index (χ3v) is 3.76. The van der Waals surface area contributed by atoms with Gasteiger partial charge in [0.2, 0.25) is 0 Å². The second kappa shape index (κ2) is 5.48. The summed E-state index contributed by atoms with van der Waals surface area (Å²) in [5.74, 6) is -0.838. The molecule has 21 heavy (non-hydrogen) atoms. The number of benzene rings is 1. The Bertz CT molecular complexity index is 686. The van der Waals surface area contributed by atoms with Crippen molar-refractivity contribution in [2.24, 2.45) is 0 Å². The van der Waals surface area contributed by atoms with Crippen LogP contribution >= 0.6 is 11.3 Å². The number of anilines is 1. The molecule has 1 aromatic carbocycles. The molecule has 0 radical (unpaired) electrons. The highest BCUT2D eigenvalue weighted by molar-refractivity contribution is 7.16. The van der Waals surface area contributed by atoms with E-state index in [4.69, 9.17) is 10.5 Å². The number of aryl methyl sites for hydroxylation is 1. The van der Waals surface area contributed by atoms with Crippen molar-refractivity contribution in [1.82, 2.24) is 0 Å². The predicted molar refractivity (Wildman–Crippen MR) is 84.0 cm³/mol. The van der Waals surface area contributed by atoms with E-state index in [-0.39, 0.29) is 5.82 Å². The minimum absolute atomic E-state index is 0.318. The first-order chi connectivity index (χ1) is 9.69. The standard InChI is InChI=1S/C16H18FNO2S/c1-9-12(10-6-5-7-11(17)8-10)13(14(18)21-9)15(19)20-16(2,3)4/h5-8H,18H2,1-4H3. The highest BCUT2D eigenvalue weighted by Crippen LogP contribution is 2.39. The summed E-state index contributed by atoms with van der Waals surface area (Å²) in [5.41, 5.74) is 6.94. The van der Waals surface area contributed by atoms with Crippen LogP contribution in [0.25, 0.3) is 11.1 Å². The van der Waals surface area contributed by atoms with E-state index >= 15 is 0 Å². The summed E-state index contributed by atoms with van der Waals surface area (Å²) in [6.07, 6.45) is 0. The number of hydrogen-bond acceptors (Lipinski definition) is 4. The normalized spacial score (nSPS) is 11.5. The number of carbonyl (C=O) groups is 1. The van der Waals surface area contributed by atoms with Gasteiger partial charge < -0.3 is 10.5 Å². The van der Waals surface area contributed by atoms with Gasteiger partial charge in [-0.25, -0.2) is 9.18 Å². The number of ether oxygens (including phenoxy) is 1. The Hall–Kier alpha value is -1.88. The minimum Gasteiger partial charge on any atom is -0.456 e. The van der Waals surface area contributed by atoms with E-state index in [1.54, 1.807) is 32.9 Å². The Morgan fingerprint density at radius 2 is 2.00 bits per heavy atom. The van der Waals surface area contributed by atoms with Gasteiger partial charge in [0.05, 0.1) is 0 Å². The maximum atomic E-state index is 13.5. The topological polar surface area (TPSA) is 52.3 Å². The zero-order valence-corrected chi connectivity index (χ0v) is 13.3. The molecule has 0 aliphatic rings. The van der Waals surface area contributed by atoms with E-state index in [0.717, 1.165) is 4.88 Å². The lowest BCUT2D eigenvalue weighted by Crippen LogP contribution is -2.24. The van der Waals surface area contributed by atoms with Crippen molar-refractivity contribution >= 4 is 22.3 Å². The highest BCUT2D eigenvalue weighted by Gasteiger charge is 2.26. The van der Waals surface area contributed by atoms with Gasteiger partial charge in [-0.3, -0.25) is 0 Å². The van der Waals surface area contributed by atoms with E-state index in [9.17, 15) is 9.18 Å². The Kier molecular flexibility index (Phi) is 4.05. The molecular formula is C16H18FNO2S. The van der Waals surface area contributed by atoms with E-state index in [1.807, 2.05) is 6.92 Å². The molecule has 0 aliphatic carbocycles. The summed E-state index contributed by atoms with van der Waals surface area (Å²) in [7, 11) is 0. The number of carbonyl (C=O) groups excluding carboxylic acids is 1. The second-order valence-electron chi connectivity index (χ2n) is 5.78. The van der Waals surface area contributed by atoms with E-state index in [0.29, 0.717) is 21.7 Å². The number of thiophene rings is 1. The van der Waals surface area contributed by atoms with Crippen LogP contribution in [0.2, 0.25) is 0 Å². The van der Waals surface area contributed by atoms with Crippen LogP contribution in [-0.4, -0.2) is 11.6 Å². The number of halogens is 1. The molecule has 1 aromatic heterocycles. The average Bonchev–Trinajstić information content (AvgIpc) is 2.62. The molecule has 0 saturated heterocycles. The maximum Gasteiger partial charge on any atom is 0.342 e. The van der Waals surface area contributed by atoms with Crippen molar-refractivity contribution in [3.63, 3.8) is 0 Å². The van der Waals surface area contributed by atoms with Crippen LogP contribution in [0.3, 0.4) is 0 Å². The first kappa shape index (κ1) is 15.5. The fraction of sp³-hybridized carbons (Fsp3) is 0.312. The Morgan fingerprint density at radius 1 is 1.33 bits per heavy atom. The quantitative estimate of drug-likeness (QED) is 0.837. The number of rotatable bonds is 2. The van der Waals surface area contributed by atoms with Crippen LogP contribution in [-0.2, 0) is 4.74 Å². The van der Waals surface area contributed by atoms with Crippen LogP contribution in [0.1, 0.15) is 36.0 Å². The molecule has 0 saturated carbocycles. The molecule has 0 spiro atoms. The van der Waals surface area contributed by atoms with Gasteiger partial charge in [0.1, 0.15) is 22.0 Å². The molecule has 2 aromatic rings. The highest BCUT2D eigenvalue weighted by atomic mass is 32.1. The molecule has 1 heterocycles. The average molecular weight is 307 g/mol. The van der Waals surface area contributed by atoms with E-state index < -0.39 is 11.6 Å². The monoisotopic (exact) mass is 307 g/mol. The molecule has 5 heteroatoms. The third-order valence-electron chi connectivity index (χ3n) is 2.83. The summed E-state index contributed by atoms with van der Waals surface area (Å²) in [5, 5.41) is 0.390. The van der Waals surface area contributed by atoms with Gasteiger partial charge in [0, 0.05) is 10.4 Å². The fourth-order valence-corrected chi connectivity index (χ4v) is 3.03. The molecule has 0 aliphatic heterocycles. The van der Waals surface area contributed by atoms with Crippen molar-refractivity contribution in [1.29, 1.82) is 0 Å². The van der Waals surface area contributed by atoms with Gasteiger partial charge >= 0.3 is 5.97 Å². The first-order valence-electron chi connectivity index (χ1n) is 6.57. The molecule has 3 nitrogen and oxygen atoms in total. The largest absolute Gasteiger partial charge is 0.456 e. The Balaban J connectivity index is 2.55. The summed E-state index contributed by atoms with van der Waals surface area (Å²) in [6, 6.07) is 6.12. The van der Waals surface area contributed by atoms with Crippen LogP contribution in [0.15, 0.2) is 24.3 Å². The zero-order chi connectivity index (χ0) is 15.8. The van der Waals surface area contributed by atoms with E-state index in [2.05, 4.69) is 0 Å². The number of nitrogens with two attached hydrogens (primary N) is 1. The molecular weight excluding hydrogens is 289 g/mol. The lowest BCUT2D eigenvalue weighted by molar-refractivity contribution is 0.00721. The van der Waals surface area contributed by atoms with Crippen molar-refractivity contribution in [3.05, 3.63) is 40.5 Å². The van der Waals surface area contributed by atoms with Crippen molar-refractivity contribution in [3.8, 4) is 11.1 Å². The molecule has 0 bridgehead atoms. The van der Waals surface area contributed by atoms with Gasteiger partial charge in [0.15, 0.2) is 0 Å². The Morgan fingerprint density at radius 3 is 2.57 bits per heavy atom. The van der Waals surface area contributed by atoms with Gasteiger partial charge in [-0.05, 0) is 45.4 Å². The molecule has 2 N–H and O–H groups in total. The summed E-state index contributed by atoms with van der Waals surface area (Å²) in [4.78, 5) is 13.2. The van der Waals surface area contributed by atoms with Gasteiger partial charge in [-0.2, -0.15) is 0 Å². The fourth-order valence-electron chi connectivity index (χ4n) is 2.09. The summed E-state index contributed by atoms with van der Waals surface area (Å²) in [6.45, 7) is 7.24. The molecule has 112 valence electrons. The molecule has 0 fully saturated rings. The molecule has 0 amide bonds. The summed E-state index contributed by atoms with van der Waals surface area (Å²) < 4.78 is 18.9. The van der Waals surface area contributed by atoms with Crippen LogP contribution in [0, 0.1) is 12.7 Å². The van der Waals surface area contributed by atoms with E-state index in [1.165, 1.54) is 23.5 Å². The van der Waals surface area contributed by atoms with Crippen molar-refractivity contribution in [2.45, 2.75) is 33.3 Å². The number of hydrogen-bond donors (Lipinski definition) is 1. The minimum atomic E-state index is -0.613. The number of esters is 1. The smallest absolute Gasteiger partial charge is 0.342 e. The van der Waals surface area contributed by atoms with Crippen molar-refractivity contribution in [2.75, 3.05) is 5.73 Å². The molecule has 2 rings (SSSR count). The van der Waals surface area contributed by atoms with Gasteiger partial charge in [-0.15, -0.1) is 11.3 Å². The summed E-state index contributed by atoms with van der Waals surface area (Å²) >= 11 is 1.31. The number of nitrogen functional groups attached to an aromatic ring is 1. The first-order valence-corrected chi connectivity index (χ1v) is 7.39. The predicted octanol–water partition coefficient (Wildman–Crippen LogP) is 4.40. The lowest BCUT2D eigenvalue weighted by atomic mass is 10.0. The third kappa shape index (κ3) is 3.42. The van der Waals surface area contributed by atoms with Crippen LogP contribution < -0.4 is 5.73 Å². The lowest BCUT2D eigenvalue weighted by Gasteiger charge is -2.20. The van der Waals surface area contributed by atoms with Crippen LogP contribution in [0.4, 0.5) is 9.39 Å². The Labute approximate surface area is 127 Å². The van der Waals surface area contributed by atoms with Crippen LogP contribution in [0.5, 0.6) is 0 Å².